The molecule has 5 heteroatoms. The van der Waals surface area contributed by atoms with E-state index < -0.39 is 0 Å². The van der Waals surface area contributed by atoms with Gasteiger partial charge in [-0.15, -0.1) is 0 Å². The van der Waals surface area contributed by atoms with Gasteiger partial charge in [-0.3, -0.25) is 14.2 Å². The van der Waals surface area contributed by atoms with Crippen LogP contribution in [0.4, 0.5) is 0 Å². The van der Waals surface area contributed by atoms with Gasteiger partial charge >= 0.3 is 0 Å². The lowest BCUT2D eigenvalue weighted by molar-refractivity contribution is 0.0655. The summed E-state index contributed by atoms with van der Waals surface area (Å²) in [6, 6.07) is 24.3. The molecule has 4 rings (SSSR count). The van der Waals surface area contributed by atoms with Crippen LogP contribution in [0, 0.1) is 6.92 Å². The quantitative estimate of drug-likeness (QED) is 0.324. The monoisotopic (exact) mass is 453 g/mol. The SMILES string of the molecule is CCCCN(C(=O)c1ccccc1C)C(CC)c1nc2ccccc2c(=O)n1-c1ccccc1. The van der Waals surface area contributed by atoms with Crippen LogP contribution in [0.2, 0.25) is 0 Å². The summed E-state index contributed by atoms with van der Waals surface area (Å²) in [5, 5.41) is 0.565. The second-order valence-electron chi connectivity index (χ2n) is 8.55. The maximum absolute atomic E-state index is 13.9. The summed E-state index contributed by atoms with van der Waals surface area (Å²) in [6.45, 7) is 6.72. The van der Waals surface area contributed by atoms with Crippen LogP contribution in [-0.2, 0) is 0 Å². The first-order chi connectivity index (χ1) is 16.6. The molecule has 0 spiro atoms. The highest BCUT2D eigenvalue weighted by Crippen LogP contribution is 2.28. The third-order valence-electron chi connectivity index (χ3n) is 6.27. The molecule has 4 aromatic rings. The van der Waals surface area contributed by atoms with Crippen molar-refractivity contribution < 1.29 is 4.79 Å². The van der Waals surface area contributed by atoms with Crippen LogP contribution in [0.15, 0.2) is 83.7 Å². The topological polar surface area (TPSA) is 55.2 Å². The van der Waals surface area contributed by atoms with Gasteiger partial charge in [0.1, 0.15) is 5.82 Å². The number of carbonyl (C=O) groups excluding carboxylic acids is 1. The van der Waals surface area contributed by atoms with Crippen LogP contribution in [0.5, 0.6) is 0 Å². The highest BCUT2D eigenvalue weighted by molar-refractivity contribution is 5.96. The summed E-state index contributed by atoms with van der Waals surface area (Å²) < 4.78 is 1.68. The number of fused-ring (bicyclic) bond motifs is 1. The molecule has 0 bridgehead atoms. The Morgan fingerprint density at radius 1 is 0.941 bits per heavy atom. The van der Waals surface area contributed by atoms with Crippen molar-refractivity contribution in [1.82, 2.24) is 14.5 Å². The van der Waals surface area contributed by atoms with Gasteiger partial charge in [0.2, 0.25) is 0 Å². The minimum Gasteiger partial charge on any atom is -0.328 e. The van der Waals surface area contributed by atoms with Crippen LogP contribution >= 0.6 is 0 Å². The fourth-order valence-electron chi connectivity index (χ4n) is 4.44. The van der Waals surface area contributed by atoms with Crippen molar-refractivity contribution in [2.75, 3.05) is 6.54 Å². The number of unbranched alkanes of at least 4 members (excludes halogenated alkanes) is 1. The number of aryl methyl sites for hydroxylation is 1. The molecule has 0 radical (unpaired) electrons. The van der Waals surface area contributed by atoms with Crippen molar-refractivity contribution in [2.24, 2.45) is 0 Å². The molecule has 0 saturated carbocycles. The number of hydrogen-bond acceptors (Lipinski definition) is 3. The van der Waals surface area contributed by atoms with E-state index in [1.165, 1.54) is 0 Å². The number of para-hydroxylation sites is 2. The molecule has 1 atom stereocenters. The second kappa shape index (κ2) is 10.5. The van der Waals surface area contributed by atoms with Crippen molar-refractivity contribution in [3.63, 3.8) is 0 Å². The molecule has 1 aromatic heterocycles. The Labute approximate surface area is 200 Å². The van der Waals surface area contributed by atoms with Gasteiger partial charge in [-0.25, -0.2) is 4.98 Å². The Kier molecular flexibility index (Phi) is 7.21. The molecule has 0 aliphatic rings. The molecule has 0 aliphatic carbocycles. The molecule has 0 N–H and O–H groups in total. The molecule has 0 saturated heterocycles. The summed E-state index contributed by atoms with van der Waals surface area (Å²) in [6.07, 6.45) is 2.47. The molecule has 34 heavy (non-hydrogen) atoms. The average molecular weight is 454 g/mol. The van der Waals surface area contributed by atoms with Gasteiger partial charge in [0.15, 0.2) is 0 Å². The van der Waals surface area contributed by atoms with Crippen molar-refractivity contribution in [2.45, 2.75) is 46.1 Å². The van der Waals surface area contributed by atoms with E-state index >= 15 is 0 Å². The van der Waals surface area contributed by atoms with Crippen molar-refractivity contribution in [1.29, 1.82) is 0 Å². The molecular weight excluding hydrogens is 422 g/mol. The van der Waals surface area contributed by atoms with E-state index in [1.807, 2.05) is 97.6 Å². The predicted molar refractivity (Wildman–Crippen MR) is 137 cm³/mol. The van der Waals surface area contributed by atoms with Gasteiger partial charge in [-0.05, 0) is 55.7 Å². The van der Waals surface area contributed by atoms with Crippen LogP contribution < -0.4 is 5.56 Å². The zero-order valence-electron chi connectivity index (χ0n) is 20.1. The maximum atomic E-state index is 13.9. The fraction of sp³-hybridized carbons (Fsp3) is 0.276. The van der Waals surface area contributed by atoms with Crippen molar-refractivity contribution >= 4 is 16.8 Å². The molecule has 0 aliphatic heterocycles. The van der Waals surface area contributed by atoms with Gasteiger partial charge in [0.25, 0.3) is 11.5 Å². The van der Waals surface area contributed by atoms with E-state index in [1.54, 1.807) is 4.57 Å². The van der Waals surface area contributed by atoms with Crippen molar-refractivity contribution in [3.8, 4) is 5.69 Å². The van der Waals surface area contributed by atoms with Gasteiger partial charge in [-0.1, -0.05) is 68.8 Å². The summed E-state index contributed by atoms with van der Waals surface area (Å²) in [4.78, 5) is 34.5. The normalized spacial score (nSPS) is 12.0. The highest BCUT2D eigenvalue weighted by Gasteiger charge is 2.30. The summed E-state index contributed by atoms with van der Waals surface area (Å²) in [7, 11) is 0. The fourth-order valence-corrected chi connectivity index (χ4v) is 4.44. The standard InChI is InChI=1S/C29H31N3O2/c1-4-6-20-31(28(33)23-17-11-10-14-21(23)3)26(5-2)27-30-25-19-13-12-18-24(25)29(34)32(27)22-15-8-7-9-16-22/h7-19,26H,4-6,20H2,1-3H3. The van der Waals surface area contributed by atoms with Gasteiger partial charge < -0.3 is 4.90 Å². The lowest BCUT2D eigenvalue weighted by Crippen LogP contribution is -2.39. The molecule has 5 nitrogen and oxygen atoms in total. The molecule has 1 amide bonds. The Bertz CT molecular complexity index is 1340. The number of nitrogens with zero attached hydrogens (tertiary/aromatic N) is 3. The molecule has 0 fully saturated rings. The number of carbonyl (C=O) groups is 1. The number of hydrogen-bond donors (Lipinski definition) is 0. The predicted octanol–water partition coefficient (Wildman–Crippen LogP) is 6.09. The van der Waals surface area contributed by atoms with E-state index in [0.717, 1.165) is 24.1 Å². The number of benzene rings is 3. The first kappa shape index (κ1) is 23.4. The number of rotatable bonds is 8. The average Bonchev–Trinajstić information content (AvgIpc) is 2.87. The molecule has 174 valence electrons. The van der Waals surface area contributed by atoms with Crippen LogP contribution in [0.25, 0.3) is 16.6 Å². The zero-order valence-corrected chi connectivity index (χ0v) is 20.1. The van der Waals surface area contributed by atoms with E-state index in [4.69, 9.17) is 4.98 Å². The largest absolute Gasteiger partial charge is 0.328 e. The summed E-state index contributed by atoms with van der Waals surface area (Å²) in [5.74, 6) is 0.566. The lowest BCUT2D eigenvalue weighted by Gasteiger charge is -2.33. The maximum Gasteiger partial charge on any atom is 0.266 e. The Hall–Kier alpha value is -3.73. The minimum atomic E-state index is -0.351. The molecule has 1 unspecified atom stereocenters. The van der Waals surface area contributed by atoms with E-state index in [9.17, 15) is 9.59 Å². The second-order valence-corrected chi connectivity index (χ2v) is 8.55. The highest BCUT2D eigenvalue weighted by atomic mass is 16.2. The van der Waals surface area contributed by atoms with E-state index in [0.29, 0.717) is 35.3 Å². The Balaban J connectivity index is 1.94. The Morgan fingerprint density at radius 3 is 2.32 bits per heavy atom. The smallest absolute Gasteiger partial charge is 0.266 e. The molecule has 3 aromatic carbocycles. The number of aromatic nitrogens is 2. The van der Waals surface area contributed by atoms with Crippen molar-refractivity contribution in [3.05, 3.63) is 106 Å². The molecule has 1 heterocycles. The third-order valence-corrected chi connectivity index (χ3v) is 6.27. The Morgan fingerprint density at radius 2 is 1.62 bits per heavy atom. The lowest BCUT2D eigenvalue weighted by atomic mass is 10.0. The van der Waals surface area contributed by atoms with Crippen LogP contribution in [0.1, 0.15) is 60.9 Å². The first-order valence-corrected chi connectivity index (χ1v) is 12.0. The van der Waals surface area contributed by atoms with Crippen LogP contribution in [-0.4, -0.2) is 26.9 Å². The van der Waals surface area contributed by atoms with Gasteiger partial charge in [0, 0.05) is 12.1 Å². The van der Waals surface area contributed by atoms with Crippen LogP contribution in [0.3, 0.4) is 0 Å². The zero-order chi connectivity index (χ0) is 24.1. The third kappa shape index (κ3) is 4.51. The summed E-state index contributed by atoms with van der Waals surface area (Å²) in [5.41, 5.74) is 2.90. The van der Waals surface area contributed by atoms with Gasteiger partial charge in [0.05, 0.1) is 22.6 Å². The van der Waals surface area contributed by atoms with Gasteiger partial charge in [-0.2, -0.15) is 0 Å². The molecular formula is C29H31N3O2. The summed E-state index contributed by atoms with van der Waals surface area (Å²) >= 11 is 0. The minimum absolute atomic E-state index is 0.0274. The van der Waals surface area contributed by atoms with E-state index in [2.05, 4.69) is 6.92 Å². The first-order valence-electron chi connectivity index (χ1n) is 12.0. The number of amides is 1. The van der Waals surface area contributed by atoms with E-state index in [-0.39, 0.29) is 17.5 Å².